The van der Waals surface area contributed by atoms with Crippen LogP contribution in [0.3, 0.4) is 0 Å². The summed E-state index contributed by atoms with van der Waals surface area (Å²) in [7, 11) is -3.84. The van der Waals surface area contributed by atoms with Crippen LogP contribution in [0.4, 0.5) is 5.69 Å². The molecular formula is C29H32Cl2IN3O4S. The van der Waals surface area contributed by atoms with Crippen molar-refractivity contribution >= 4 is 73.3 Å². The van der Waals surface area contributed by atoms with Crippen LogP contribution in [-0.4, -0.2) is 50.5 Å². The second-order valence-corrected chi connectivity index (χ2v) is 13.8. The molecule has 40 heavy (non-hydrogen) atoms. The Hall–Kier alpha value is -2.34. The summed E-state index contributed by atoms with van der Waals surface area (Å²) in [6.07, 6.45) is 1.26. The number of halogens is 3. The summed E-state index contributed by atoms with van der Waals surface area (Å²) in [6.45, 7) is 3.77. The van der Waals surface area contributed by atoms with Crippen LogP contribution in [0.2, 0.25) is 10.0 Å². The second-order valence-electron chi connectivity index (χ2n) is 9.81. The number of carbonyl (C=O) groups excluding carboxylic acids is 2. The Kier molecular flexibility index (Phi) is 11.7. The van der Waals surface area contributed by atoms with Crippen molar-refractivity contribution in [3.63, 3.8) is 0 Å². The lowest BCUT2D eigenvalue weighted by Crippen LogP contribution is -2.53. The Morgan fingerprint density at radius 1 is 0.925 bits per heavy atom. The molecule has 3 rings (SSSR count). The molecule has 0 unspecified atom stereocenters. The van der Waals surface area contributed by atoms with Crippen LogP contribution < -0.4 is 9.62 Å². The quantitative estimate of drug-likeness (QED) is 0.241. The topological polar surface area (TPSA) is 86.8 Å². The van der Waals surface area contributed by atoms with Crippen LogP contribution in [0.1, 0.15) is 25.0 Å². The van der Waals surface area contributed by atoms with E-state index in [-0.39, 0.29) is 24.8 Å². The molecule has 11 heteroatoms. The van der Waals surface area contributed by atoms with Gasteiger partial charge in [0.1, 0.15) is 12.6 Å². The first-order valence-electron chi connectivity index (χ1n) is 12.6. The van der Waals surface area contributed by atoms with Crippen molar-refractivity contribution in [1.29, 1.82) is 0 Å². The van der Waals surface area contributed by atoms with Crippen LogP contribution in [0, 0.1) is 9.49 Å². The van der Waals surface area contributed by atoms with Gasteiger partial charge in [-0.15, -0.1) is 0 Å². The normalized spacial score (nSPS) is 12.2. The molecule has 0 bridgehead atoms. The number of sulfonamides is 1. The lowest BCUT2D eigenvalue weighted by atomic mass is 10.0. The highest BCUT2D eigenvalue weighted by atomic mass is 127. The predicted octanol–water partition coefficient (Wildman–Crippen LogP) is 5.78. The van der Waals surface area contributed by atoms with E-state index in [2.05, 4.69) is 27.9 Å². The van der Waals surface area contributed by atoms with Gasteiger partial charge in [0, 0.05) is 38.7 Å². The maximum atomic E-state index is 14.1. The molecule has 7 nitrogen and oxygen atoms in total. The maximum Gasteiger partial charge on any atom is 0.244 e. The number of hydrogen-bond acceptors (Lipinski definition) is 4. The number of nitrogens with one attached hydrogen (secondary N) is 1. The summed E-state index contributed by atoms with van der Waals surface area (Å²) in [6, 6.07) is 20.2. The van der Waals surface area contributed by atoms with Crippen molar-refractivity contribution in [2.45, 2.75) is 32.9 Å². The van der Waals surface area contributed by atoms with Crippen LogP contribution in [-0.2, 0) is 32.6 Å². The largest absolute Gasteiger partial charge is 0.354 e. The minimum atomic E-state index is -3.84. The van der Waals surface area contributed by atoms with E-state index >= 15 is 0 Å². The first-order valence-corrected chi connectivity index (χ1v) is 16.3. The summed E-state index contributed by atoms with van der Waals surface area (Å²) in [5.74, 6) is -0.736. The summed E-state index contributed by atoms with van der Waals surface area (Å²) >= 11 is 15.1. The highest BCUT2D eigenvalue weighted by Gasteiger charge is 2.33. The SMILES string of the molecule is CC(C)CNC(=O)[C@@H](Cc1ccccc1)N(Cc1c(Cl)cccc1Cl)C(=O)CN(c1ccc(I)cc1)S(C)(=O)=O. The van der Waals surface area contributed by atoms with E-state index in [1.165, 1.54) is 4.90 Å². The monoisotopic (exact) mass is 715 g/mol. The van der Waals surface area contributed by atoms with Gasteiger partial charge in [0.05, 0.1) is 11.9 Å². The van der Waals surface area contributed by atoms with Crippen molar-refractivity contribution in [1.82, 2.24) is 10.2 Å². The third kappa shape index (κ3) is 9.09. The summed E-state index contributed by atoms with van der Waals surface area (Å²) in [4.78, 5) is 29.1. The van der Waals surface area contributed by atoms with Gasteiger partial charge in [0.15, 0.2) is 0 Å². The van der Waals surface area contributed by atoms with Crippen molar-refractivity contribution < 1.29 is 18.0 Å². The van der Waals surface area contributed by atoms with Gasteiger partial charge in [-0.05, 0) is 70.5 Å². The van der Waals surface area contributed by atoms with Gasteiger partial charge in [-0.25, -0.2) is 8.42 Å². The maximum absolute atomic E-state index is 14.1. The molecule has 0 aliphatic carbocycles. The molecular weight excluding hydrogens is 684 g/mol. The Labute approximate surface area is 260 Å². The van der Waals surface area contributed by atoms with E-state index < -0.39 is 28.5 Å². The molecule has 214 valence electrons. The molecule has 0 spiro atoms. The minimum Gasteiger partial charge on any atom is -0.354 e. The molecule has 1 N–H and O–H groups in total. The summed E-state index contributed by atoms with van der Waals surface area (Å²) < 4.78 is 27.6. The fourth-order valence-electron chi connectivity index (χ4n) is 4.05. The van der Waals surface area contributed by atoms with Crippen LogP contribution >= 0.6 is 45.8 Å². The summed E-state index contributed by atoms with van der Waals surface area (Å²) in [5.41, 5.74) is 1.65. The van der Waals surface area contributed by atoms with Gasteiger partial charge in [0.2, 0.25) is 21.8 Å². The van der Waals surface area contributed by atoms with Gasteiger partial charge >= 0.3 is 0 Å². The predicted molar refractivity (Wildman–Crippen MR) is 170 cm³/mol. The van der Waals surface area contributed by atoms with Crippen LogP contribution in [0.15, 0.2) is 72.8 Å². The number of hydrogen-bond donors (Lipinski definition) is 1. The van der Waals surface area contributed by atoms with Crippen LogP contribution in [0.25, 0.3) is 0 Å². The Balaban J connectivity index is 2.08. The van der Waals surface area contributed by atoms with Crippen molar-refractivity contribution in [3.8, 4) is 0 Å². The number of rotatable bonds is 12. The van der Waals surface area contributed by atoms with Gasteiger partial charge in [-0.1, -0.05) is 73.4 Å². The van der Waals surface area contributed by atoms with E-state index in [9.17, 15) is 18.0 Å². The lowest BCUT2D eigenvalue weighted by molar-refractivity contribution is -0.140. The average Bonchev–Trinajstić information content (AvgIpc) is 2.89. The fourth-order valence-corrected chi connectivity index (χ4v) is 5.78. The molecule has 0 aromatic heterocycles. The second kappa shape index (κ2) is 14.5. The molecule has 0 saturated heterocycles. The lowest BCUT2D eigenvalue weighted by Gasteiger charge is -2.34. The van der Waals surface area contributed by atoms with E-state index in [0.717, 1.165) is 19.7 Å². The molecule has 0 aliphatic heterocycles. The molecule has 0 radical (unpaired) electrons. The molecule has 1 atom stereocenters. The van der Waals surface area contributed by atoms with E-state index in [1.807, 2.05) is 44.2 Å². The number of carbonyl (C=O) groups is 2. The van der Waals surface area contributed by atoms with Gasteiger partial charge in [-0.3, -0.25) is 13.9 Å². The average molecular weight is 716 g/mol. The first-order chi connectivity index (χ1) is 18.9. The molecule has 0 saturated carbocycles. The molecule has 0 aliphatic rings. The van der Waals surface area contributed by atoms with Gasteiger partial charge in [-0.2, -0.15) is 0 Å². The molecule has 0 fully saturated rings. The first kappa shape index (κ1) is 32.2. The van der Waals surface area contributed by atoms with E-state index in [4.69, 9.17) is 23.2 Å². The zero-order valence-corrected chi connectivity index (χ0v) is 27.0. The van der Waals surface area contributed by atoms with Crippen molar-refractivity contribution in [2.24, 2.45) is 5.92 Å². The van der Waals surface area contributed by atoms with Gasteiger partial charge in [0.25, 0.3) is 0 Å². The number of anilines is 1. The fraction of sp³-hybridized carbons (Fsp3) is 0.310. The Morgan fingerprint density at radius 3 is 2.08 bits per heavy atom. The smallest absolute Gasteiger partial charge is 0.244 e. The summed E-state index contributed by atoms with van der Waals surface area (Å²) in [5, 5.41) is 3.62. The van der Waals surface area contributed by atoms with Crippen molar-refractivity contribution in [2.75, 3.05) is 23.7 Å². The van der Waals surface area contributed by atoms with Gasteiger partial charge < -0.3 is 10.2 Å². The van der Waals surface area contributed by atoms with Crippen molar-refractivity contribution in [3.05, 3.63) is 97.5 Å². The zero-order chi connectivity index (χ0) is 29.4. The molecule has 0 heterocycles. The third-order valence-corrected chi connectivity index (χ3v) is 8.71. The molecule has 3 aromatic rings. The zero-order valence-electron chi connectivity index (χ0n) is 22.5. The molecule has 2 amide bonds. The third-order valence-electron chi connectivity index (χ3n) is 6.14. The minimum absolute atomic E-state index is 0.0891. The standard InChI is InChI=1S/C29H32Cl2IN3O4S/c1-20(2)17-33-29(37)27(16-21-8-5-4-6-9-21)34(18-24-25(30)10-7-11-26(24)31)28(36)19-35(40(3,38)39)23-14-12-22(32)13-15-23/h4-15,20,27H,16-19H2,1-3H3,(H,33,37)/t27-/m1/s1. The van der Waals surface area contributed by atoms with Crippen LogP contribution in [0.5, 0.6) is 0 Å². The Morgan fingerprint density at radius 2 is 1.52 bits per heavy atom. The number of amides is 2. The number of nitrogens with zero attached hydrogens (tertiary/aromatic N) is 2. The highest BCUT2D eigenvalue weighted by Crippen LogP contribution is 2.28. The number of benzene rings is 3. The molecule has 3 aromatic carbocycles. The Bertz CT molecular complexity index is 1400. The van der Waals surface area contributed by atoms with E-state index in [1.54, 1.807) is 42.5 Å². The highest BCUT2D eigenvalue weighted by molar-refractivity contribution is 14.1. The van der Waals surface area contributed by atoms with E-state index in [0.29, 0.717) is 27.8 Å².